The first-order valence-electron chi connectivity index (χ1n) is 3.73. The van der Waals surface area contributed by atoms with Crippen LogP contribution in [0.1, 0.15) is 18.1 Å². The van der Waals surface area contributed by atoms with Gasteiger partial charge in [0.2, 0.25) is 5.09 Å². The maximum absolute atomic E-state index is 10.9. The summed E-state index contributed by atoms with van der Waals surface area (Å²) in [6, 6.07) is 0. The van der Waals surface area contributed by atoms with Crippen molar-refractivity contribution in [1.82, 2.24) is 0 Å². The van der Waals surface area contributed by atoms with E-state index in [0.29, 0.717) is 12.0 Å². The van der Waals surface area contributed by atoms with Crippen LogP contribution in [0.3, 0.4) is 0 Å². The van der Waals surface area contributed by atoms with Gasteiger partial charge in [-0.05, 0) is 12.0 Å². The number of aryl methyl sites for hydroxylation is 1. The van der Waals surface area contributed by atoms with Gasteiger partial charge in [0.05, 0.1) is 12.9 Å². The van der Waals surface area contributed by atoms with E-state index in [2.05, 4.69) is 0 Å². The van der Waals surface area contributed by atoms with Crippen molar-refractivity contribution < 1.29 is 17.9 Å². The molecule has 1 rings (SSSR count). The van der Waals surface area contributed by atoms with Crippen LogP contribution in [0.4, 0.5) is 0 Å². The van der Waals surface area contributed by atoms with E-state index in [4.69, 9.17) is 14.7 Å². The van der Waals surface area contributed by atoms with Gasteiger partial charge in [0, 0.05) is 5.56 Å². The summed E-state index contributed by atoms with van der Waals surface area (Å²) in [4.78, 5) is 0. The molecule has 0 spiro atoms. The van der Waals surface area contributed by atoms with E-state index in [9.17, 15) is 8.42 Å². The monoisotopic (exact) mass is 205 g/mol. The molecule has 0 unspecified atom stereocenters. The fraction of sp³-hybridized carbons (Fsp3) is 0.429. The van der Waals surface area contributed by atoms with E-state index in [1.165, 1.54) is 6.26 Å². The Morgan fingerprint density at radius 2 is 2.23 bits per heavy atom. The van der Waals surface area contributed by atoms with Gasteiger partial charge in [0.15, 0.2) is 0 Å². The molecule has 1 heterocycles. The minimum absolute atomic E-state index is 0.255. The summed E-state index contributed by atoms with van der Waals surface area (Å²) in [7, 11) is -3.86. The number of furan rings is 1. The molecule has 13 heavy (non-hydrogen) atoms. The zero-order valence-electron chi connectivity index (χ0n) is 7.15. The fourth-order valence-corrected chi connectivity index (χ4v) is 1.82. The van der Waals surface area contributed by atoms with Gasteiger partial charge < -0.3 is 9.52 Å². The second-order valence-corrected chi connectivity index (χ2v) is 4.04. The summed E-state index contributed by atoms with van der Waals surface area (Å²) < 4.78 is 26.6. The third kappa shape index (κ3) is 1.90. The summed E-state index contributed by atoms with van der Waals surface area (Å²) in [5, 5.41) is 13.4. The fourth-order valence-electron chi connectivity index (χ4n) is 1.10. The van der Waals surface area contributed by atoms with Crippen LogP contribution in [0.5, 0.6) is 0 Å². The largest absolute Gasteiger partial charge is 0.451 e. The number of aliphatic hydroxyl groups excluding tert-OH is 1. The van der Waals surface area contributed by atoms with Crippen molar-refractivity contribution in [3.63, 3.8) is 0 Å². The predicted molar refractivity (Wildman–Crippen MR) is 45.4 cm³/mol. The molecule has 0 aliphatic carbocycles. The van der Waals surface area contributed by atoms with Crippen molar-refractivity contribution in [2.45, 2.75) is 25.0 Å². The number of rotatable bonds is 3. The van der Waals surface area contributed by atoms with Crippen molar-refractivity contribution in [3.8, 4) is 0 Å². The van der Waals surface area contributed by atoms with Gasteiger partial charge in [-0.3, -0.25) is 0 Å². The van der Waals surface area contributed by atoms with Crippen LogP contribution in [0.15, 0.2) is 15.8 Å². The minimum Gasteiger partial charge on any atom is -0.451 e. The molecular formula is C7H11NO4S. The average Bonchev–Trinajstić information content (AvgIpc) is 2.45. The highest BCUT2D eigenvalue weighted by atomic mass is 32.2. The van der Waals surface area contributed by atoms with E-state index in [0.717, 1.165) is 0 Å². The Balaban J connectivity index is 3.32. The molecule has 0 radical (unpaired) electrons. The molecule has 0 bridgehead atoms. The van der Waals surface area contributed by atoms with E-state index >= 15 is 0 Å². The van der Waals surface area contributed by atoms with Gasteiger partial charge in [0.1, 0.15) is 0 Å². The topological polar surface area (TPSA) is 93.5 Å². The number of hydrogen-bond donors (Lipinski definition) is 2. The smallest absolute Gasteiger partial charge is 0.271 e. The van der Waals surface area contributed by atoms with Gasteiger partial charge in [-0.15, -0.1) is 0 Å². The predicted octanol–water partition coefficient (Wildman–Crippen LogP) is -0.0183. The Kier molecular flexibility index (Phi) is 2.74. The highest BCUT2D eigenvalue weighted by Crippen LogP contribution is 2.21. The lowest BCUT2D eigenvalue weighted by molar-refractivity contribution is 0.272. The lowest BCUT2D eigenvalue weighted by atomic mass is 10.2. The SMILES string of the molecule is CCc1coc(S(N)(=O)=O)c1CO. The number of hydrogen-bond acceptors (Lipinski definition) is 4. The zero-order valence-corrected chi connectivity index (χ0v) is 7.97. The Morgan fingerprint density at radius 3 is 2.62 bits per heavy atom. The Morgan fingerprint density at radius 1 is 1.62 bits per heavy atom. The number of primary sulfonamides is 1. The number of sulfonamides is 1. The van der Waals surface area contributed by atoms with E-state index < -0.39 is 10.0 Å². The molecule has 5 nitrogen and oxygen atoms in total. The van der Waals surface area contributed by atoms with Crippen LogP contribution >= 0.6 is 0 Å². The average molecular weight is 205 g/mol. The summed E-state index contributed by atoms with van der Waals surface area (Å²) in [6.45, 7) is 1.45. The number of nitrogens with two attached hydrogens (primary N) is 1. The molecule has 0 fully saturated rings. The molecule has 0 aliphatic heterocycles. The number of aliphatic hydroxyl groups is 1. The Hall–Kier alpha value is -0.850. The van der Waals surface area contributed by atoms with Crippen LogP contribution < -0.4 is 5.14 Å². The zero-order chi connectivity index (χ0) is 10.1. The first kappa shape index (κ1) is 10.2. The van der Waals surface area contributed by atoms with Crippen molar-refractivity contribution in [2.75, 3.05) is 0 Å². The lowest BCUT2D eigenvalue weighted by Crippen LogP contribution is -2.13. The van der Waals surface area contributed by atoms with Crippen LogP contribution in [0.25, 0.3) is 0 Å². The summed E-state index contributed by atoms with van der Waals surface area (Å²) in [5.74, 6) is 0. The molecule has 74 valence electrons. The van der Waals surface area contributed by atoms with Crippen LogP contribution in [-0.2, 0) is 23.1 Å². The van der Waals surface area contributed by atoms with Crippen molar-refractivity contribution in [1.29, 1.82) is 0 Å². The van der Waals surface area contributed by atoms with Gasteiger partial charge in [-0.1, -0.05) is 6.92 Å². The quantitative estimate of drug-likeness (QED) is 0.725. The van der Waals surface area contributed by atoms with Gasteiger partial charge in [-0.2, -0.15) is 0 Å². The van der Waals surface area contributed by atoms with Gasteiger partial charge in [0.25, 0.3) is 10.0 Å². The third-order valence-electron chi connectivity index (χ3n) is 1.74. The molecular weight excluding hydrogens is 194 g/mol. The standard InChI is InChI=1S/C7H11NO4S/c1-2-5-4-12-7(6(5)3-9)13(8,10)11/h4,9H,2-3H2,1H3,(H2,8,10,11). The van der Waals surface area contributed by atoms with Gasteiger partial charge in [-0.25, -0.2) is 13.6 Å². The highest BCUT2D eigenvalue weighted by molar-refractivity contribution is 7.89. The molecule has 0 aliphatic rings. The molecule has 3 N–H and O–H groups in total. The lowest BCUT2D eigenvalue weighted by Gasteiger charge is -1.97. The second-order valence-electron chi connectivity index (χ2n) is 2.58. The molecule has 0 atom stereocenters. The maximum Gasteiger partial charge on any atom is 0.271 e. The van der Waals surface area contributed by atoms with E-state index in [1.54, 1.807) is 0 Å². The molecule has 6 heteroatoms. The molecule has 0 aromatic carbocycles. The maximum atomic E-state index is 10.9. The van der Waals surface area contributed by atoms with Crippen molar-refractivity contribution in [3.05, 3.63) is 17.4 Å². The van der Waals surface area contributed by atoms with E-state index in [1.807, 2.05) is 6.92 Å². The first-order valence-corrected chi connectivity index (χ1v) is 5.28. The van der Waals surface area contributed by atoms with Crippen LogP contribution in [0, 0.1) is 0 Å². The third-order valence-corrected chi connectivity index (χ3v) is 2.60. The molecule has 0 amide bonds. The first-order chi connectivity index (χ1) is 6.00. The Bertz CT molecular complexity index is 393. The minimum atomic E-state index is -3.86. The van der Waals surface area contributed by atoms with E-state index in [-0.39, 0.29) is 17.3 Å². The van der Waals surface area contributed by atoms with Crippen molar-refractivity contribution >= 4 is 10.0 Å². The van der Waals surface area contributed by atoms with Crippen molar-refractivity contribution in [2.24, 2.45) is 5.14 Å². The highest BCUT2D eigenvalue weighted by Gasteiger charge is 2.20. The summed E-state index contributed by atoms with van der Waals surface area (Å²) in [5.41, 5.74) is 0.913. The summed E-state index contributed by atoms with van der Waals surface area (Å²) >= 11 is 0. The Labute approximate surface area is 76.2 Å². The molecule has 1 aromatic heterocycles. The normalized spacial score (nSPS) is 11.9. The molecule has 0 saturated carbocycles. The second kappa shape index (κ2) is 3.49. The van der Waals surface area contributed by atoms with Crippen LogP contribution in [0.2, 0.25) is 0 Å². The molecule has 0 saturated heterocycles. The molecule has 1 aromatic rings. The van der Waals surface area contributed by atoms with Gasteiger partial charge >= 0.3 is 0 Å². The van der Waals surface area contributed by atoms with Crippen LogP contribution in [-0.4, -0.2) is 13.5 Å². The summed E-state index contributed by atoms with van der Waals surface area (Å²) in [6.07, 6.45) is 1.89.